The summed E-state index contributed by atoms with van der Waals surface area (Å²) in [6, 6.07) is -0.273. The van der Waals surface area contributed by atoms with Crippen molar-refractivity contribution in [2.24, 2.45) is 22.2 Å². The van der Waals surface area contributed by atoms with Crippen LogP contribution in [0.4, 0.5) is 0 Å². The van der Waals surface area contributed by atoms with Gasteiger partial charge in [-0.25, -0.2) is 4.79 Å². The second-order valence-electron chi connectivity index (χ2n) is 9.86. The van der Waals surface area contributed by atoms with Crippen molar-refractivity contribution in [3.63, 3.8) is 0 Å². The van der Waals surface area contributed by atoms with Crippen molar-refractivity contribution in [1.82, 2.24) is 9.80 Å². The Bertz CT molecular complexity index is 906. The van der Waals surface area contributed by atoms with Crippen molar-refractivity contribution in [1.29, 1.82) is 0 Å². The molecule has 0 aromatic carbocycles. The minimum atomic E-state index is -0.799. The van der Waals surface area contributed by atoms with Crippen molar-refractivity contribution < 1.29 is 29.0 Å². The number of amidine groups is 1. The SMILES string of the molecule is C[C@H](O)[C@@H]1C(=O)N2C(C(=O)OCOC(=O)C(C)(C)C)=C(SC3CN(C4=NCCS4)C3)[C@@H](C)[C@@H]12. The van der Waals surface area contributed by atoms with E-state index < -0.39 is 36.2 Å². The number of β-lactam (4-membered cyclic amide) rings is 1. The lowest BCUT2D eigenvalue weighted by atomic mass is 9.79. The van der Waals surface area contributed by atoms with E-state index >= 15 is 0 Å². The summed E-state index contributed by atoms with van der Waals surface area (Å²) >= 11 is 3.36. The van der Waals surface area contributed by atoms with E-state index in [0.29, 0.717) is 0 Å². The smallest absolute Gasteiger partial charge is 0.358 e. The summed E-state index contributed by atoms with van der Waals surface area (Å²) in [6.07, 6.45) is -0.799. The van der Waals surface area contributed by atoms with Crippen molar-refractivity contribution >= 4 is 46.5 Å². The van der Waals surface area contributed by atoms with Crippen molar-refractivity contribution in [2.45, 2.75) is 52.0 Å². The maximum absolute atomic E-state index is 13.0. The van der Waals surface area contributed by atoms with Gasteiger partial charge in [0.25, 0.3) is 0 Å². The van der Waals surface area contributed by atoms with Crippen LogP contribution < -0.4 is 0 Å². The topological polar surface area (TPSA) is 109 Å². The number of ether oxygens (including phenoxy) is 2. The van der Waals surface area contributed by atoms with Crippen LogP contribution in [0.25, 0.3) is 0 Å². The number of carbonyl (C=O) groups excluding carboxylic acids is 3. The molecule has 0 radical (unpaired) electrons. The van der Waals surface area contributed by atoms with Crippen LogP contribution in [0, 0.1) is 17.3 Å². The molecule has 0 aliphatic carbocycles. The van der Waals surface area contributed by atoms with Gasteiger partial charge in [-0.1, -0.05) is 18.7 Å². The lowest BCUT2D eigenvalue weighted by molar-refractivity contribution is -0.175. The van der Waals surface area contributed by atoms with Gasteiger partial charge in [0.15, 0.2) is 5.17 Å². The van der Waals surface area contributed by atoms with Crippen LogP contribution in [0.5, 0.6) is 0 Å². The van der Waals surface area contributed by atoms with Gasteiger partial charge in [0.1, 0.15) is 5.70 Å². The zero-order valence-corrected chi connectivity index (χ0v) is 21.2. The average Bonchev–Trinajstić information content (AvgIpc) is 3.29. The number of esters is 2. The van der Waals surface area contributed by atoms with E-state index in [9.17, 15) is 19.5 Å². The van der Waals surface area contributed by atoms with E-state index in [4.69, 9.17) is 9.47 Å². The van der Waals surface area contributed by atoms with E-state index in [1.807, 2.05) is 6.92 Å². The third-order valence-electron chi connectivity index (χ3n) is 6.28. The highest BCUT2D eigenvalue weighted by atomic mass is 32.2. The van der Waals surface area contributed by atoms with Crippen LogP contribution in [-0.4, -0.2) is 87.5 Å². The normalized spacial score (nSPS) is 28.2. The van der Waals surface area contributed by atoms with Gasteiger partial charge < -0.3 is 24.4 Å². The maximum atomic E-state index is 13.0. The second-order valence-corrected chi connectivity index (χ2v) is 12.3. The van der Waals surface area contributed by atoms with Crippen molar-refractivity contribution in [3.05, 3.63) is 10.6 Å². The Labute approximate surface area is 202 Å². The quantitative estimate of drug-likeness (QED) is 0.333. The molecule has 9 nitrogen and oxygen atoms in total. The van der Waals surface area contributed by atoms with Crippen LogP contribution in [0.2, 0.25) is 0 Å². The van der Waals surface area contributed by atoms with Gasteiger partial charge in [-0.05, 0) is 27.7 Å². The van der Waals surface area contributed by atoms with Crippen LogP contribution in [0.3, 0.4) is 0 Å². The summed E-state index contributed by atoms with van der Waals surface area (Å²) in [4.78, 5) is 46.8. The zero-order chi connectivity index (χ0) is 24.1. The molecular formula is C22H31N3O6S2. The predicted octanol–water partition coefficient (Wildman–Crippen LogP) is 1.67. The highest BCUT2D eigenvalue weighted by Crippen LogP contribution is 2.52. The fourth-order valence-corrected chi connectivity index (χ4v) is 6.85. The molecule has 2 fully saturated rings. The summed E-state index contributed by atoms with van der Waals surface area (Å²) in [5.74, 6) is -1.06. The Morgan fingerprint density at radius 1 is 1.30 bits per heavy atom. The van der Waals surface area contributed by atoms with E-state index in [0.717, 1.165) is 35.5 Å². The third kappa shape index (κ3) is 4.51. The Balaban J connectivity index is 1.47. The first kappa shape index (κ1) is 24.4. The molecule has 4 rings (SSSR count). The summed E-state index contributed by atoms with van der Waals surface area (Å²) in [5, 5.41) is 11.5. The molecule has 0 spiro atoms. The molecule has 4 heterocycles. The number of aliphatic hydroxyl groups is 1. The highest BCUT2D eigenvalue weighted by molar-refractivity contribution is 8.14. The van der Waals surface area contributed by atoms with Crippen LogP contribution in [-0.2, 0) is 23.9 Å². The Morgan fingerprint density at radius 3 is 2.58 bits per heavy atom. The molecular weight excluding hydrogens is 466 g/mol. The molecule has 0 aromatic heterocycles. The minimum absolute atomic E-state index is 0.0979. The van der Waals surface area contributed by atoms with Gasteiger partial charge in [-0.15, -0.1) is 11.8 Å². The highest BCUT2D eigenvalue weighted by Gasteiger charge is 2.60. The number of aliphatic hydroxyl groups excluding tert-OH is 1. The number of amides is 1. The van der Waals surface area contributed by atoms with Crippen molar-refractivity contribution in [2.75, 3.05) is 32.2 Å². The number of rotatable bonds is 6. The van der Waals surface area contributed by atoms with Crippen LogP contribution in [0.15, 0.2) is 15.6 Å². The van der Waals surface area contributed by atoms with Crippen LogP contribution >= 0.6 is 23.5 Å². The summed E-state index contributed by atoms with van der Waals surface area (Å²) < 4.78 is 10.3. The number of thioether (sulfide) groups is 2. The molecule has 1 amide bonds. The van der Waals surface area contributed by atoms with Gasteiger partial charge in [0, 0.05) is 34.9 Å². The van der Waals surface area contributed by atoms with Gasteiger partial charge in [-0.3, -0.25) is 14.6 Å². The Hall–Kier alpha value is -1.72. The monoisotopic (exact) mass is 497 g/mol. The number of hydrogen-bond donors (Lipinski definition) is 1. The van der Waals surface area contributed by atoms with E-state index in [1.165, 1.54) is 4.90 Å². The lowest BCUT2D eigenvalue weighted by Gasteiger charge is -2.46. The first-order valence-electron chi connectivity index (χ1n) is 11.2. The number of likely N-dealkylation sites (tertiary alicyclic amines) is 1. The largest absolute Gasteiger partial charge is 0.427 e. The van der Waals surface area contributed by atoms with Gasteiger partial charge in [-0.2, -0.15) is 0 Å². The summed E-state index contributed by atoms with van der Waals surface area (Å²) in [6.45, 7) is 10.7. The van der Waals surface area contributed by atoms with Gasteiger partial charge >= 0.3 is 11.9 Å². The summed E-state index contributed by atoms with van der Waals surface area (Å²) in [5.41, 5.74) is -0.493. The summed E-state index contributed by atoms with van der Waals surface area (Å²) in [7, 11) is 0. The fraction of sp³-hybridized carbons (Fsp3) is 0.727. The molecule has 0 aromatic rings. The average molecular weight is 498 g/mol. The standard InChI is InChI=1S/C22H31N3O6S2/c1-11-15-14(12(2)26)18(27)25(15)16(19(28)30-10-31-20(29)22(3,4)5)17(11)33-13-8-24(9-13)21-23-6-7-32-21/h11-15,26H,6-10H2,1-5H3/t11-,12-,14-,15-/m0/s1. The van der Waals surface area contributed by atoms with E-state index in [2.05, 4.69) is 9.89 Å². The van der Waals surface area contributed by atoms with E-state index in [1.54, 1.807) is 51.2 Å². The molecule has 11 heteroatoms. The molecule has 182 valence electrons. The van der Waals surface area contributed by atoms with Crippen molar-refractivity contribution in [3.8, 4) is 0 Å². The van der Waals surface area contributed by atoms with E-state index in [-0.39, 0.29) is 28.8 Å². The van der Waals surface area contributed by atoms with Crippen LogP contribution in [0.1, 0.15) is 34.6 Å². The first-order valence-corrected chi connectivity index (χ1v) is 13.1. The molecule has 0 unspecified atom stereocenters. The lowest BCUT2D eigenvalue weighted by Crippen LogP contribution is -2.63. The third-order valence-corrected chi connectivity index (χ3v) is 8.76. The Kier molecular flexibility index (Phi) is 6.76. The molecule has 0 bridgehead atoms. The first-order chi connectivity index (χ1) is 15.5. The molecule has 4 aliphatic heterocycles. The molecule has 33 heavy (non-hydrogen) atoms. The Morgan fingerprint density at radius 2 is 2.00 bits per heavy atom. The molecule has 2 saturated heterocycles. The molecule has 1 N–H and O–H groups in total. The van der Waals surface area contributed by atoms with Gasteiger partial charge in [0.05, 0.1) is 30.0 Å². The number of fused-ring (bicyclic) bond motifs is 1. The molecule has 4 aliphatic rings. The molecule has 4 atom stereocenters. The number of carbonyl (C=O) groups is 3. The van der Waals surface area contributed by atoms with Gasteiger partial charge in [0.2, 0.25) is 12.7 Å². The maximum Gasteiger partial charge on any atom is 0.358 e. The number of hydrogen-bond acceptors (Lipinski definition) is 10. The number of nitrogens with zero attached hydrogens (tertiary/aromatic N) is 3. The number of aliphatic imine (C=N–C) groups is 1. The minimum Gasteiger partial charge on any atom is -0.427 e. The predicted molar refractivity (Wildman–Crippen MR) is 126 cm³/mol. The second kappa shape index (κ2) is 9.14. The zero-order valence-electron chi connectivity index (χ0n) is 19.6. The molecule has 0 saturated carbocycles. The fourth-order valence-electron chi connectivity index (χ4n) is 4.45.